The van der Waals surface area contributed by atoms with E-state index < -0.39 is 0 Å². The fraction of sp³-hybridized carbons (Fsp3) is 0.467. The van der Waals surface area contributed by atoms with Gasteiger partial charge in [0.25, 0.3) is 0 Å². The number of nitrogens with one attached hydrogen (secondary N) is 1. The lowest BCUT2D eigenvalue weighted by molar-refractivity contribution is -0.117. The van der Waals surface area contributed by atoms with E-state index in [1.807, 2.05) is 24.3 Å². The van der Waals surface area contributed by atoms with Gasteiger partial charge in [0.05, 0.1) is 4.99 Å². The Hall–Kier alpha value is -1.42. The summed E-state index contributed by atoms with van der Waals surface area (Å²) in [6.07, 6.45) is 6.18. The highest BCUT2D eigenvalue weighted by atomic mass is 32.1. The fourth-order valence-corrected chi connectivity index (χ4v) is 2.76. The van der Waals surface area contributed by atoms with Crippen LogP contribution in [0.1, 0.15) is 37.7 Å². The van der Waals surface area contributed by atoms with E-state index in [4.69, 9.17) is 18.0 Å². The molecule has 1 aromatic rings. The first kappa shape index (κ1) is 14.0. The van der Waals surface area contributed by atoms with Gasteiger partial charge in [-0.1, -0.05) is 37.2 Å². The number of nitrogens with two attached hydrogens (primary N) is 1. The minimum absolute atomic E-state index is 0.119. The van der Waals surface area contributed by atoms with Crippen LogP contribution in [0.4, 0.5) is 5.69 Å². The fourth-order valence-electron chi connectivity index (χ4n) is 2.60. The van der Waals surface area contributed by atoms with E-state index in [0.717, 1.165) is 11.3 Å². The average Bonchev–Trinajstić information content (AvgIpc) is 2.83. The maximum absolute atomic E-state index is 11.9. The minimum atomic E-state index is 0.119. The van der Waals surface area contributed by atoms with Crippen LogP contribution >= 0.6 is 12.2 Å². The van der Waals surface area contributed by atoms with Crippen LogP contribution in [0.15, 0.2) is 24.3 Å². The number of hydrogen-bond donors (Lipinski definition) is 2. The van der Waals surface area contributed by atoms with Gasteiger partial charge in [-0.15, -0.1) is 0 Å². The summed E-state index contributed by atoms with van der Waals surface area (Å²) in [7, 11) is 0. The van der Waals surface area contributed by atoms with E-state index in [1.54, 1.807) is 0 Å². The molecule has 2 rings (SSSR count). The normalized spacial score (nSPS) is 15.4. The molecule has 1 fully saturated rings. The summed E-state index contributed by atoms with van der Waals surface area (Å²) in [4.78, 5) is 12.4. The van der Waals surface area contributed by atoms with Crippen molar-refractivity contribution in [2.24, 2.45) is 11.7 Å². The molecule has 0 heterocycles. The van der Waals surface area contributed by atoms with Crippen molar-refractivity contribution in [1.29, 1.82) is 0 Å². The van der Waals surface area contributed by atoms with Crippen LogP contribution < -0.4 is 11.1 Å². The molecule has 0 radical (unpaired) electrons. The monoisotopic (exact) mass is 276 g/mol. The number of thiocarbonyl (C=S) groups is 1. The first-order valence-corrected chi connectivity index (χ1v) is 7.21. The summed E-state index contributed by atoms with van der Waals surface area (Å²) in [6.45, 7) is 0. The maximum atomic E-state index is 11.9. The number of amides is 1. The van der Waals surface area contributed by atoms with E-state index in [-0.39, 0.29) is 5.91 Å². The van der Waals surface area contributed by atoms with Gasteiger partial charge in [-0.25, -0.2) is 0 Å². The van der Waals surface area contributed by atoms with Crippen molar-refractivity contribution in [3.63, 3.8) is 0 Å². The van der Waals surface area contributed by atoms with E-state index in [1.165, 1.54) is 25.7 Å². The number of carbonyl (C=O) groups is 1. The van der Waals surface area contributed by atoms with Gasteiger partial charge in [-0.3, -0.25) is 4.79 Å². The minimum Gasteiger partial charge on any atom is -0.393 e. The third kappa shape index (κ3) is 4.63. The van der Waals surface area contributed by atoms with Gasteiger partial charge in [0.2, 0.25) is 5.91 Å². The lowest BCUT2D eigenvalue weighted by Crippen LogP contribution is -2.15. The topological polar surface area (TPSA) is 55.1 Å². The number of hydrogen-bond acceptors (Lipinski definition) is 2. The van der Waals surface area contributed by atoms with Gasteiger partial charge in [0.15, 0.2) is 0 Å². The van der Waals surface area contributed by atoms with Crippen molar-refractivity contribution in [3.05, 3.63) is 29.8 Å². The van der Waals surface area contributed by atoms with Gasteiger partial charge >= 0.3 is 0 Å². The third-order valence-electron chi connectivity index (χ3n) is 3.56. The Kier molecular flexibility index (Phi) is 4.91. The Morgan fingerprint density at radius 1 is 1.26 bits per heavy atom. The molecule has 3 nitrogen and oxygen atoms in total. The SMILES string of the molecule is NC(=S)Cc1ccc(NC(=O)CC2CCCC2)cc1. The van der Waals surface area contributed by atoms with Crippen molar-refractivity contribution in [1.82, 2.24) is 0 Å². The second-order valence-corrected chi connectivity index (χ2v) is 5.77. The summed E-state index contributed by atoms with van der Waals surface area (Å²) in [5, 5.41) is 2.95. The van der Waals surface area contributed by atoms with Crippen LogP contribution in [-0.2, 0) is 11.2 Å². The first-order chi connectivity index (χ1) is 9.13. The van der Waals surface area contributed by atoms with Crippen molar-refractivity contribution >= 4 is 28.8 Å². The third-order valence-corrected chi connectivity index (χ3v) is 3.71. The van der Waals surface area contributed by atoms with Crippen LogP contribution in [0.2, 0.25) is 0 Å². The Morgan fingerprint density at radius 3 is 2.47 bits per heavy atom. The quantitative estimate of drug-likeness (QED) is 0.813. The second-order valence-electron chi connectivity index (χ2n) is 5.24. The molecule has 0 atom stereocenters. The Balaban J connectivity index is 1.84. The van der Waals surface area contributed by atoms with E-state index in [9.17, 15) is 4.79 Å². The molecular formula is C15H20N2OS. The molecule has 0 bridgehead atoms. The number of rotatable bonds is 5. The lowest BCUT2D eigenvalue weighted by atomic mass is 10.0. The Morgan fingerprint density at radius 2 is 1.89 bits per heavy atom. The van der Waals surface area contributed by atoms with Gasteiger partial charge in [0, 0.05) is 18.5 Å². The van der Waals surface area contributed by atoms with Crippen molar-refractivity contribution < 1.29 is 4.79 Å². The van der Waals surface area contributed by atoms with Gasteiger partial charge in [-0.2, -0.15) is 0 Å². The van der Waals surface area contributed by atoms with Crippen LogP contribution in [0, 0.1) is 5.92 Å². The zero-order valence-electron chi connectivity index (χ0n) is 11.0. The lowest BCUT2D eigenvalue weighted by Gasteiger charge is -2.10. The largest absolute Gasteiger partial charge is 0.393 e. The van der Waals surface area contributed by atoms with Gasteiger partial charge in [0.1, 0.15) is 0 Å². The van der Waals surface area contributed by atoms with Crippen molar-refractivity contribution in [2.45, 2.75) is 38.5 Å². The summed E-state index contributed by atoms with van der Waals surface area (Å²) in [5.41, 5.74) is 7.41. The summed E-state index contributed by atoms with van der Waals surface area (Å²) in [6, 6.07) is 7.70. The zero-order valence-corrected chi connectivity index (χ0v) is 11.8. The van der Waals surface area contributed by atoms with E-state index in [0.29, 0.717) is 23.7 Å². The predicted molar refractivity (Wildman–Crippen MR) is 82.1 cm³/mol. The molecule has 0 aliphatic heterocycles. The molecule has 102 valence electrons. The van der Waals surface area contributed by atoms with Crippen LogP contribution in [0.5, 0.6) is 0 Å². The molecule has 0 saturated heterocycles. The Labute approximate surface area is 119 Å². The highest BCUT2D eigenvalue weighted by Crippen LogP contribution is 2.27. The molecule has 4 heteroatoms. The smallest absolute Gasteiger partial charge is 0.224 e. The molecule has 0 unspecified atom stereocenters. The first-order valence-electron chi connectivity index (χ1n) is 6.80. The molecular weight excluding hydrogens is 256 g/mol. The highest BCUT2D eigenvalue weighted by Gasteiger charge is 2.18. The standard InChI is InChI=1S/C15H20N2OS/c16-14(19)9-12-5-7-13(8-6-12)17-15(18)10-11-3-1-2-4-11/h5-8,11H,1-4,9-10H2,(H2,16,19)(H,17,18). The number of benzene rings is 1. The molecule has 1 amide bonds. The predicted octanol–water partition coefficient (Wildman–Crippen LogP) is 3.03. The average molecular weight is 276 g/mol. The van der Waals surface area contributed by atoms with Crippen LogP contribution in [-0.4, -0.2) is 10.9 Å². The van der Waals surface area contributed by atoms with Gasteiger partial charge < -0.3 is 11.1 Å². The zero-order chi connectivity index (χ0) is 13.7. The number of anilines is 1. The summed E-state index contributed by atoms with van der Waals surface area (Å²) >= 11 is 4.87. The molecule has 0 aromatic heterocycles. The molecule has 1 aliphatic carbocycles. The van der Waals surface area contributed by atoms with Crippen LogP contribution in [0.3, 0.4) is 0 Å². The van der Waals surface area contributed by atoms with Gasteiger partial charge in [-0.05, 0) is 36.5 Å². The van der Waals surface area contributed by atoms with E-state index in [2.05, 4.69) is 5.32 Å². The second kappa shape index (κ2) is 6.66. The van der Waals surface area contributed by atoms with Crippen LogP contribution in [0.25, 0.3) is 0 Å². The summed E-state index contributed by atoms with van der Waals surface area (Å²) < 4.78 is 0. The Bertz CT molecular complexity index is 450. The van der Waals surface area contributed by atoms with Crippen molar-refractivity contribution in [3.8, 4) is 0 Å². The number of carbonyl (C=O) groups excluding carboxylic acids is 1. The van der Waals surface area contributed by atoms with Crippen molar-refractivity contribution in [2.75, 3.05) is 5.32 Å². The highest BCUT2D eigenvalue weighted by molar-refractivity contribution is 7.80. The molecule has 1 aromatic carbocycles. The van der Waals surface area contributed by atoms with E-state index >= 15 is 0 Å². The summed E-state index contributed by atoms with van der Waals surface area (Å²) in [5.74, 6) is 0.697. The molecule has 1 saturated carbocycles. The molecule has 3 N–H and O–H groups in total. The molecule has 19 heavy (non-hydrogen) atoms. The molecule has 1 aliphatic rings. The maximum Gasteiger partial charge on any atom is 0.224 e. The molecule has 0 spiro atoms.